The summed E-state index contributed by atoms with van der Waals surface area (Å²) in [6.45, 7) is 0.328. The van der Waals surface area contributed by atoms with Crippen LogP contribution in [0.1, 0.15) is 10.4 Å². The molecule has 1 amide bonds. The Kier molecular flexibility index (Phi) is 7.74. The summed E-state index contributed by atoms with van der Waals surface area (Å²) in [6, 6.07) is 8.17. The average Bonchev–Trinajstić information content (AvgIpc) is 2.83. The second-order valence-electron chi connectivity index (χ2n) is 6.89. The molecule has 2 aromatic rings. The summed E-state index contributed by atoms with van der Waals surface area (Å²) in [7, 11) is -1.12. The molecule has 0 spiro atoms. The van der Waals surface area contributed by atoms with Crippen molar-refractivity contribution in [2.24, 2.45) is 0 Å². The summed E-state index contributed by atoms with van der Waals surface area (Å²) >= 11 is 0. The Morgan fingerprint density at radius 2 is 1.82 bits per heavy atom. The lowest BCUT2D eigenvalue weighted by Crippen LogP contribution is -2.40. The van der Waals surface area contributed by atoms with Crippen LogP contribution >= 0.6 is 0 Å². The number of carbonyl (C=O) groups is 2. The second kappa shape index (κ2) is 10.5. The molecule has 2 N–H and O–H groups in total. The van der Waals surface area contributed by atoms with Gasteiger partial charge in [0.15, 0.2) is 6.61 Å². The zero-order chi connectivity index (χ0) is 24.0. The van der Waals surface area contributed by atoms with Gasteiger partial charge in [0.2, 0.25) is 10.0 Å². The van der Waals surface area contributed by atoms with Crippen molar-refractivity contribution in [2.75, 3.05) is 52.4 Å². The third-order valence-corrected chi connectivity index (χ3v) is 6.71. The number of methoxy groups -OCH3 is 2. The van der Waals surface area contributed by atoms with Crippen LogP contribution in [0.4, 0.5) is 5.69 Å². The summed E-state index contributed by atoms with van der Waals surface area (Å²) in [6.07, 6.45) is 0. The molecule has 12 heteroatoms. The maximum absolute atomic E-state index is 13.0. The molecule has 1 aliphatic heterocycles. The molecule has 0 aromatic heterocycles. The van der Waals surface area contributed by atoms with Crippen LogP contribution in [-0.4, -0.2) is 76.8 Å². The molecule has 1 heterocycles. The number of phenolic OH excluding ortho intramolecular Hbond substituents is 1. The number of hydrogen-bond donors (Lipinski definition) is 2. The smallest absolute Gasteiger partial charge is 0.342 e. The Balaban J connectivity index is 1.68. The molecule has 0 saturated carbocycles. The van der Waals surface area contributed by atoms with Crippen molar-refractivity contribution in [2.45, 2.75) is 4.90 Å². The number of hydrogen-bond acceptors (Lipinski definition) is 9. The number of nitrogens with one attached hydrogen (secondary N) is 1. The highest BCUT2D eigenvalue weighted by atomic mass is 32.2. The first kappa shape index (κ1) is 24.3. The number of amides is 1. The molecule has 1 aliphatic rings. The lowest BCUT2D eigenvalue weighted by Gasteiger charge is -2.26. The number of benzene rings is 2. The van der Waals surface area contributed by atoms with Crippen molar-refractivity contribution in [1.82, 2.24) is 4.31 Å². The van der Waals surface area contributed by atoms with Gasteiger partial charge in [-0.25, -0.2) is 13.2 Å². The molecule has 3 rings (SSSR count). The van der Waals surface area contributed by atoms with Gasteiger partial charge in [-0.1, -0.05) is 0 Å². The summed E-state index contributed by atoms with van der Waals surface area (Å²) < 4.78 is 47.6. The van der Waals surface area contributed by atoms with Crippen LogP contribution in [-0.2, 0) is 24.3 Å². The van der Waals surface area contributed by atoms with Gasteiger partial charge < -0.3 is 29.4 Å². The quantitative estimate of drug-likeness (QED) is 0.534. The highest BCUT2D eigenvalue weighted by molar-refractivity contribution is 7.89. The van der Waals surface area contributed by atoms with Gasteiger partial charge in [0, 0.05) is 24.8 Å². The molecule has 2 aromatic carbocycles. The minimum atomic E-state index is -3.88. The van der Waals surface area contributed by atoms with E-state index in [1.54, 1.807) is 0 Å². The normalized spacial score (nSPS) is 14.4. The number of phenols is 1. The Bertz CT molecular complexity index is 1130. The molecule has 0 bridgehead atoms. The van der Waals surface area contributed by atoms with Crippen LogP contribution in [0, 0.1) is 0 Å². The summed E-state index contributed by atoms with van der Waals surface area (Å²) in [5, 5.41) is 12.4. The van der Waals surface area contributed by atoms with E-state index in [2.05, 4.69) is 5.32 Å². The van der Waals surface area contributed by atoms with Gasteiger partial charge in [-0.3, -0.25) is 4.79 Å². The summed E-state index contributed by atoms with van der Waals surface area (Å²) in [5.74, 6) is -1.48. The standard InChI is InChI=1S/C21H24N2O9S/c1-29-15-4-5-16(17(24)12-15)21(26)32-13-20(25)22-14-3-6-18(30-2)19(11-14)33(27,28)23-7-9-31-10-8-23/h3-6,11-12,24H,7-10,13H2,1-2H3,(H,22,25). The van der Waals surface area contributed by atoms with E-state index in [1.165, 1.54) is 54.9 Å². The number of anilines is 1. The monoisotopic (exact) mass is 480 g/mol. The van der Waals surface area contributed by atoms with Crippen LogP contribution in [0.5, 0.6) is 17.2 Å². The molecular formula is C21H24N2O9S. The summed E-state index contributed by atoms with van der Waals surface area (Å²) in [5.41, 5.74) is 0.0444. The average molecular weight is 480 g/mol. The minimum Gasteiger partial charge on any atom is -0.507 e. The van der Waals surface area contributed by atoms with E-state index in [0.29, 0.717) is 5.75 Å². The molecule has 0 aliphatic carbocycles. The lowest BCUT2D eigenvalue weighted by molar-refractivity contribution is -0.119. The zero-order valence-corrected chi connectivity index (χ0v) is 18.9. The Hall–Kier alpha value is -3.35. The largest absolute Gasteiger partial charge is 0.507 e. The van der Waals surface area contributed by atoms with Gasteiger partial charge in [-0.2, -0.15) is 4.31 Å². The first-order valence-corrected chi connectivity index (χ1v) is 11.3. The fourth-order valence-corrected chi connectivity index (χ4v) is 4.69. The summed E-state index contributed by atoms with van der Waals surface area (Å²) in [4.78, 5) is 24.3. The van der Waals surface area contributed by atoms with Gasteiger partial charge in [0.1, 0.15) is 27.7 Å². The molecule has 33 heavy (non-hydrogen) atoms. The van der Waals surface area contributed by atoms with Gasteiger partial charge in [0.25, 0.3) is 5.91 Å². The molecule has 1 fully saturated rings. The number of rotatable bonds is 8. The van der Waals surface area contributed by atoms with E-state index in [9.17, 15) is 23.1 Å². The first-order valence-electron chi connectivity index (χ1n) is 9.86. The Morgan fingerprint density at radius 1 is 1.09 bits per heavy atom. The molecule has 1 saturated heterocycles. The van der Waals surface area contributed by atoms with E-state index in [-0.39, 0.29) is 53.9 Å². The number of carbonyl (C=O) groups excluding carboxylic acids is 2. The number of ether oxygens (including phenoxy) is 4. The van der Waals surface area contributed by atoms with Crippen LogP contribution in [0.2, 0.25) is 0 Å². The van der Waals surface area contributed by atoms with E-state index >= 15 is 0 Å². The van der Waals surface area contributed by atoms with Gasteiger partial charge in [-0.05, 0) is 30.3 Å². The first-order chi connectivity index (χ1) is 15.8. The van der Waals surface area contributed by atoms with Gasteiger partial charge in [-0.15, -0.1) is 0 Å². The molecule has 0 unspecified atom stereocenters. The fraction of sp³-hybridized carbons (Fsp3) is 0.333. The van der Waals surface area contributed by atoms with Crippen LogP contribution < -0.4 is 14.8 Å². The maximum atomic E-state index is 13.0. The molecular weight excluding hydrogens is 456 g/mol. The van der Waals surface area contributed by atoms with Crippen LogP contribution in [0.25, 0.3) is 0 Å². The third kappa shape index (κ3) is 5.72. The zero-order valence-electron chi connectivity index (χ0n) is 18.1. The van der Waals surface area contributed by atoms with Crippen molar-refractivity contribution in [3.63, 3.8) is 0 Å². The predicted molar refractivity (Wildman–Crippen MR) is 116 cm³/mol. The lowest BCUT2D eigenvalue weighted by atomic mass is 10.2. The Morgan fingerprint density at radius 3 is 2.45 bits per heavy atom. The maximum Gasteiger partial charge on any atom is 0.342 e. The van der Waals surface area contributed by atoms with E-state index < -0.39 is 28.5 Å². The number of morpholine rings is 1. The Labute approximate surface area is 190 Å². The number of sulfonamides is 1. The minimum absolute atomic E-state index is 0.107. The molecule has 0 radical (unpaired) electrons. The SMILES string of the molecule is COc1ccc(C(=O)OCC(=O)Nc2ccc(OC)c(S(=O)(=O)N3CCOCC3)c2)c(O)c1. The van der Waals surface area contributed by atoms with Gasteiger partial charge >= 0.3 is 5.97 Å². The molecule has 178 valence electrons. The van der Waals surface area contributed by atoms with E-state index in [0.717, 1.165) is 0 Å². The van der Waals surface area contributed by atoms with Crippen LogP contribution in [0.3, 0.4) is 0 Å². The van der Waals surface area contributed by atoms with Crippen molar-refractivity contribution >= 4 is 27.6 Å². The second-order valence-corrected chi connectivity index (χ2v) is 8.80. The fourth-order valence-electron chi connectivity index (χ4n) is 3.10. The highest BCUT2D eigenvalue weighted by Crippen LogP contribution is 2.30. The number of esters is 1. The van der Waals surface area contributed by atoms with Crippen molar-refractivity contribution < 1.29 is 42.1 Å². The van der Waals surface area contributed by atoms with Crippen molar-refractivity contribution in [1.29, 1.82) is 0 Å². The molecule has 11 nitrogen and oxygen atoms in total. The highest BCUT2D eigenvalue weighted by Gasteiger charge is 2.29. The predicted octanol–water partition coefficient (Wildman–Crippen LogP) is 1.23. The van der Waals surface area contributed by atoms with E-state index in [1.807, 2.05) is 0 Å². The third-order valence-electron chi connectivity index (χ3n) is 4.79. The van der Waals surface area contributed by atoms with Gasteiger partial charge in [0.05, 0.1) is 27.4 Å². The topological polar surface area (TPSA) is 141 Å². The number of nitrogens with zero attached hydrogens (tertiary/aromatic N) is 1. The van der Waals surface area contributed by atoms with E-state index in [4.69, 9.17) is 18.9 Å². The molecule has 0 atom stereocenters. The van der Waals surface area contributed by atoms with Crippen molar-refractivity contribution in [3.8, 4) is 17.2 Å². The van der Waals surface area contributed by atoms with Crippen LogP contribution in [0.15, 0.2) is 41.3 Å². The van der Waals surface area contributed by atoms with Crippen molar-refractivity contribution in [3.05, 3.63) is 42.0 Å². The number of aromatic hydroxyl groups is 1.